The highest BCUT2D eigenvalue weighted by Gasteiger charge is 2.38. The van der Waals surface area contributed by atoms with E-state index in [0.717, 1.165) is 57.1 Å². The Labute approximate surface area is 146 Å². The number of carbonyl (C=O) groups is 1. The predicted octanol–water partition coefficient (Wildman–Crippen LogP) is 2.87. The summed E-state index contributed by atoms with van der Waals surface area (Å²) in [5.41, 5.74) is 0.864. The Bertz CT molecular complexity index is 621. The Hall–Kier alpha value is -1.24. The minimum atomic E-state index is -0.0826. The Morgan fingerprint density at radius 2 is 2.17 bits per heavy atom. The maximum absolute atomic E-state index is 12.5. The molecular formula is C17H22ClN3O3. The molecule has 3 heterocycles. The van der Waals surface area contributed by atoms with Crippen molar-refractivity contribution in [2.75, 3.05) is 11.5 Å². The van der Waals surface area contributed by atoms with Crippen LogP contribution in [0, 0.1) is 0 Å². The number of carbonyl (C=O) groups excluding carboxylic acids is 1. The highest BCUT2D eigenvalue weighted by molar-refractivity contribution is 6.28. The highest BCUT2D eigenvalue weighted by Crippen LogP contribution is 2.35. The number of amides is 1. The van der Waals surface area contributed by atoms with Gasteiger partial charge < -0.3 is 9.47 Å². The number of anilines is 1. The molecule has 6 nitrogen and oxygen atoms in total. The maximum atomic E-state index is 12.5. The molecule has 1 amide bonds. The maximum Gasteiger partial charge on any atom is 0.233 e. The summed E-state index contributed by atoms with van der Waals surface area (Å²) in [5.74, 6) is 0.765. The molecule has 0 aromatic carbocycles. The van der Waals surface area contributed by atoms with Gasteiger partial charge in [-0.2, -0.15) is 4.98 Å². The third-order valence-electron chi connectivity index (χ3n) is 5.10. The number of rotatable bonds is 3. The molecule has 1 aromatic rings. The molecule has 2 aliphatic heterocycles. The zero-order valence-electron chi connectivity index (χ0n) is 13.6. The van der Waals surface area contributed by atoms with Crippen molar-refractivity contribution in [3.05, 3.63) is 17.0 Å². The molecule has 2 fully saturated rings. The van der Waals surface area contributed by atoms with Crippen molar-refractivity contribution in [2.24, 2.45) is 0 Å². The van der Waals surface area contributed by atoms with Gasteiger partial charge in [-0.15, -0.1) is 0 Å². The van der Waals surface area contributed by atoms with Gasteiger partial charge in [0, 0.05) is 24.4 Å². The Morgan fingerprint density at radius 1 is 1.25 bits per heavy atom. The fourth-order valence-corrected chi connectivity index (χ4v) is 4.09. The standard InChI is InChI=1S/C17H22ClN3O3/c18-17-19-10-11-8-14(22)21(16(11)20-17)12-4-3-5-13(9-12)24-15-6-1-2-7-23-15/h10,12-13,15H,1-9H2/t12-,13-,15?/m1/s1. The molecule has 1 aliphatic carbocycles. The highest BCUT2D eigenvalue weighted by atomic mass is 35.5. The van der Waals surface area contributed by atoms with Crippen molar-refractivity contribution in [1.82, 2.24) is 9.97 Å². The summed E-state index contributed by atoms with van der Waals surface area (Å²) in [6, 6.07) is 0.118. The number of fused-ring (bicyclic) bond motifs is 1. The molecule has 0 N–H and O–H groups in total. The van der Waals surface area contributed by atoms with Crippen LogP contribution in [0.4, 0.5) is 5.82 Å². The second kappa shape index (κ2) is 6.94. The zero-order valence-corrected chi connectivity index (χ0v) is 14.4. The SMILES string of the molecule is O=C1Cc2cnc(Cl)nc2N1[C@@H]1CCC[C@@H](OC2CCCCO2)C1. The van der Waals surface area contributed by atoms with Crippen LogP contribution in [0.1, 0.15) is 50.5 Å². The molecular weight excluding hydrogens is 330 g/mol. The summed E-state index contributed by atoms with van der Waals surface area (Å²) in [7, 11) is 0. The van der Waals surface area contributed by atoms with Crippen molar-refractivity contribution >= 4 is 23.3 Å². The van der Waals surface area contributed by atoms with Crippen LogP contribution in [0.5, 0.6) is 0 Å². The van der Waals surface area contributed by atoms with Crippen molar-refractivity contribution < 1.29 is 14.3 Å². The van der Waals surface area contributed by atoms with E-state index in [0.29, 0.717) is 12.2 Å². The molecule has 3 atom stereocenters. The monoisotopic (exact) mass is 351 g/mol. The number of aromatic nitrogens is 2. The lowest BCUT2D eigenvalue weighted by Gasteiger charge is -2.37. The predicted molar refractivity (Wildman–Crippen MR) is 89.0 cm³/mol. The lowest BCUT2D eigenvalue weighted by atomic mass is 9.91. The molecule has 3 aliphatic rings. The van der Waals surface area contributed by atoms with Crippen molar-refractivity contribution in [3.63, 3.8) is 0 Å². The smallest absolute Gasteiger partial charge is 0.233 e. The topological polar surface area (TPSA) is 64.6 Å². The van der Waals surface area contributed by atoms with E-state index in [4.69, 9.17) is 21.1 Å². The molecule has 0 spiro atoms. The second-order valence-corrected chi connectivity index (χ2v) is 7.14. The molecule has 0 radical (unpaired) electrons. The third kappa shape index (κ3) is 3.27. The Balaban J connectivity index is 1.46. The molecule has 1 unspecified atom stereocenters. The molecule has 1 aromatic heterocycles. The summed E-state index contributed by atoms with van der Waals surface area (Å²) < 4.78 is 11.8. The molecule has 1 saturated carbocycles. The molecule has 4 rings (SSSR count). The van der Waals surface area contributed by atoms with Crippen molar-refractivity contribution in [3.8, 4) is 0 Å². The van der Waals surface area contributed by atoms with E-state index in [-0.39, 0.29) is 29.6 Å². The van der Waals surface area contributed by atoms with Crippen LogP contribution in [-0.2, 0) is 20.7 Å². The normalized spacial score (nSPS) is 30.5. The van der Waals surface area contributed by atoms with Gasteiger partial charge in [-0.25, -0.2) is 4.98 Å². The third-order valence-corrected chi connectivity index (χ3v) is 5.28. The quantitative estimate of drug-likeness (QED) is 0.783. The van der Waals surface area contributed by atoms with Gasteiger partial charge in [0.05, 0.1) is 12.5 Å². The van der Waals surface area contributed by atoms with Crippen molar-refractivity contribution in [1.29, 1.82) is 0 Å². The van der Waals surface area contributed by atoms with E-state index < -0.39 is 0 Å². The van der Waals surface area contributed by atoms with Gasteiger partial charge >= 0.3 is 0 Å². The first-order valence-electron chi connectivity index (χ1n) is 8.81. The van der Waals surface area contributed by atoms with Crippen LogP contribution in [0.3, 0.4) is 0 Å². The van der Waals surface area contributed by atoms with E-state index >= 15 is 0 Å². The first kappa shape index (κ1) is 16.2. The van der Waals surface area contributed by atoms with Crippen LogP contribution in [0.15, 0.2) is 6.20 Å². The fraction of sp³-hybridized carbons (Fsp3) is 0.706. The van der Waals surface area contributed by atoms with Gasteiger partial charge in [-0.1, -0.05) is 0 Å². The minimum absolute atomic E-state index is 0.0826. The van der Waals surface area contributed by atoms with Crippen LogP contribution >= 0.6 is 11.6 Å². The molecule has 7 heteroatoms. The molecule has 24 heavy (non-hydrogen) atoms. The number of hydrogen-bond donors (Lipinski definition) is 0. The van der Waals surface area contributed by atoms with E-state index in [1.807, 2.05) is 4.90 Å². The first-order valence-corrected chi connectivity index (χ1v) is 9.19. The lowest BCUT2D eigenvalue weighted by molar-refractivity contribution is -0.193. The largest absolute Gasteiger partial charge is 0.353 e. The zero-order chi connectivity index (χ0) is 16.5. The van der Waals surface area contributed by atoms with Gasteiger partial charge in [0.15, 0.2) is 6.29 Å². The summed E-state index contributed by atoms with van der Waals surface area (Å²) in [6.45, 7) is 0.786. The average molecular weight is 352 g/mol. The molecule has 130 valence electrons. The Kier molecular flexibility index (Phi) is 4.70. The van der Waals surface area contributed by atoms with Crippen LogP contribution < -0.4 is 4.90 Å². The van der Waals surface area contributed by atoms with Gasteiger partial charge in [0.25, 0.3) is 0 Å². The first-order chi connectivity index (χ1) is 11.7. The Morgan fingerprint density at radius 3 is 3.00 bits per heavy atom. The van der Waals surface area contributed by atoms with Gasteiger partial charge in [0.2, 0.25) is 11.2 Å². The van der Waals surface area contributed by atoms with Gasteiger partial charge in [-0.3, -0.25) is 9.69 Å². The van der Waals surface area contributed by atoms with E-state index in [1.165, 1.54) is 0 Å². The van der Waals surface area contributed by atoms with Gasteiger partial charge in [-0.05, 0) is 56.5 Å². The van der Waals surface area contributed by atoms with Crippen LogP contribution in [-0.4, -0.2) is 40.9 Å². The molecule has 1 saturated heterocycles. The summed E-state index contributed by atoms with van der Waals surface area (Å²) >= 11 is 5.93. The summed E-state index contributed by atoms with van der Waals surface area (Å²) in [6.07, 6.45) is 9.19. The average Bonchev–Trinajstić information content (AvgIpc) is 2.91. The van der Waals surface area contributed by atoms with E-state index in [2.05, 4.69) is 9.97 Å². The number of nitrogens with zero attached hydrogens (tertiary/aromatic N) is 3. The van der Waals surface area contributed by atoms with Crippen LogP contribution in [0.2, 0.25) is 5.28 Å². The van der Waals surface area contributed by atoms with E-state index in [1.54, 1.807) is 6.20 Å². The minimum Gasteiger partial charge on any atom is -0.353 e. The second-order valence-electron chi connectivity index (χ2n) is 6.80. The fourth-order valence-electron chi connectivity index (χ4n) is 3.96. The van der Waals surface area contributed by atoms with Crippen molar-refractivity contribution in [2.45, 2.75) is 69.8 Å². The number of halogens is 1. The lowest BCUT2D eigenvalue weighted by Crippen LogP contribution is -2.44. The summed E-state index contributed by atoms with van der Waals surface area (Å²) in [5, 5.41) is 0.188. The van der Waals surface area contributed by atoms with Gasteiger partial charge in [0.1, 0.15) is 5.82 Å². The number of ether oxygens (including phenoxy) is 2. The van der Waals surface area contributed by atoms with Crippen LogP contribution in [0.25, 0.3) is 0 Å². The number of hydrogen-bond acceptors (Lipinski definition) is 5. The van der Waals surface area contributed by atoms with E-state index in [9.17, 15) is 4.79 Å². The summed E-state index contributed by atoms with van der Waals surface area (Å²) in [4.78, 5) is 22.6. The molecule has 0 bridgehead atoms.